The Hall–Kier alpha value is -2.84. The lowest BCUT2D eigenvalue weighted by Crippen LogP contribution is -2.48. The second kappa shape index (κ2) is 7.19. The number of hydrogen-bond donors (Lipinski definition) is 3. The molecule has 1 aliphatic heterocycles. The smallest absolute Gasteiger partial charge is 0.269 e. The van der Waals surface area contributed by atoms with Crippen molar-refractivity contribution in [1.29, 1.82) is 0 Å². The first-order chi connectivity index (χ1) is 12.4. The fourth-order valence-electron chi connectivity index (χ4n) is 2.95. The number of amides is 1. The van der Waals surface area contributed by atoms with Crippen LogP contribution in [0.3, 0.4) is 0 Å². The normalized spacial score (nSPS) is 19.8. The van der Waals surface area contributed by atoms with Crippen LogP contribution in [0.4, 0.5) is 11.4 Å². The fraction of sp³-hybridized carbons (Fsp3) is 0.167. The van der Waals surface area contributed by atoms with Crippen LogP contribution in [0.5, 0.6) is 0 Å². The van der Waals surface area contributed by atoms with E-state index in [1.807, 2.05) is 31.2 Å². The highest BCUT2D eigenvalue weighted by atomic mass is 32.1. The van der Waals surface area contributed by atoms with Gasteiger partial charge in [0, 0.05) is 24.0 Å². The minimum atomic E-state index is -0.544. The highest BCUT2D eigenvalue weighted by Crippen LogP contribution is 2.33. The van der Waals surface area contributed by atoms with Crippen LogP contribution in [-0.4, -0.2) is 16.3 Å². The third-order valence-electron chi connectivity index (χ3n) is 4.31. The fourth-order valence-corrected chi connectivity index (χ4v) is 3.30. The number of anilines is 1. The number of rotatable bonds is 4. The van der Waals surface area contributed by atoms with Gasteiger partial charge < -0.3 is 10.6 Å². The van der Waals surface area contributed by atoms with Crippen LogP contribution in [0.25, 0.3) is 0 Å². The van der Waals surface area contributed by atoms with E-state index >= 15 is 0 Å². The maximum absolute atomic E-state index is 12.0. The SMILES string of the molecule is Cc1ccccc1C1NC(S)N(c2ccc([N+](=O)[O-])cc2)C=C1C(N)=O. The van der Waals surface area contributed by atoms with Crippen LogP contribution in [-0.2, 0) is 4.79 Å². The first-order valence-electron chi connectivity index (χ1n) is 7.92. The number of primary amides is 1. The van der Waals surface area contributed by atoms with Crippen LogP contribution in [0, 0.1) is 17.0 Å². The predicted octanol–water partition coefficient (Wildman–Crippen LogP) is 2.64. The van der Waals surface area contributed by atoms with Crippen molar-refractivity contribution in [2.24, 2.45) is 5.73 Å². The summed E-state index contributed by atoms with van der Waals surface area (Å²) in [6.07, 6.45) is 1.65. The molecule has 0 saturated carbocycles. The summed E-state index contributed by atoms with van der Waals surface area (Å²) in [7, 11) is 0. The lowest BCUT2D eigenvalue weighted by molar-refractivity contribution is -0.384. The maximum Gasteiger partial charge on any atom is 0.269 e. The Labute approximate surface area is 156 Å². The average molecular weight is 370 g/mol. The molecule has 134 valence electrons. The lowest BCUT2D eigenvalue weighted by atomic mass is 9.94. The molecule has 0 radical (unpaired) electrons. The van der Waals surface area contributed by atoms with Crippen molar-refractivity contribution in [2.75, 3.05) is 4.90 Å². The minimum absolute atomic E-state index is 0.00803. The molecule has 3 N–H and O–H groups in total. The van der Waals surface area contributed by atoms with Gasteiger partial charge >= 0.3 is 0 Å². The minimum Gasteiger partial charge on any atom is -0.366 e. The van der Waals surface area contributed by atoms with Gasteiger partial charge in [0.2, 0.25) is 5.91 Å². The Morgan fingerprint density at radius 3 is 2.46 bits per heavy atom. The van der Waals surface area contributed by atoms with Crippen molar-refractivity contribution in [1.82, 2.24) is 5.32 Å². The van der Waals surface area contributed by atoms with Crippen LogP contribution in [0.2, 0.25) is 0 Å². The van der Waals surface area contributed by atoms with Gasteiger partial charge in [0.15, 0.2) is 0 Å². The molecule has 7 nitrogen and oxygen atoms in total. The molecule has 8 heteroatoms. The second-order valence-electron chi connectivity index (χ2n) is 5.96. The van der Waals surface area contributed by atoms with E-state index in [0.29, 0.717) is 11.3 Å². The molecule has 2 atom stereocenters. The van der Waals surface area contributed by atoms with Gasteiger partial charge in [0.05, 0.1) is 16.5 Å². The first-order valence-corrected chi connectivity index (χ1v) is 8.44. The maximum atomic E-state index is 12.0. The summed E-state index contributed by atoms with van der Waals surface area (Å²) in [5.41, 5.74) is 8.18. The van der Waals surface area contributed by atoms with Gasteiger partial charge in [-0.3, -0.25) is 20.2 Å². The number of aryl methyl sites for hydroxylation is 1. The zero-order chi connectivity index (χ0) is 18.8. The number of carbonyl (C=O) groups is 1. The number of carbonyl (C=O) groups excluding carboxylic acids is 1. The molecule has 1 heterocycles. The summed E-state index contributed by atoms with van der Waals surface area (Å²) < 4.78 is 0. The number of hydrogen-bond acceptors (Lipinski definition) is 6. The van der Waals surface area contributed by atoms with Crippen molar-refractivity contribution < 1.29 is 9.72 Å². The monoisotopic (exact) mass is 370 g/mol. The molecule has 3 rings (SSSR count). The van der Waals surface area contributed by atoms with Gasteiger partial charge in [0.1, 0.15) is 5.50 Å². The number of benzene rings is 2. The molecule has 2 aromatic rings. The van der Waals surface area contributed by atoms with Gasteiger partial charge in [-0.05, 0) is 30.2 Å². The van der Waals surface area contributed by atoms with E-state index in [-0.39, 0.29) is 11.7 Å². The summed E-state index contributed by atoms with van der Waals surface area (Å²) in [5.74, 6) is -0.544. The molecule has 1 aliphatic rings. The summed E-state index contributed by atoms with van der Waals surface area (Å²) in [6.45, 7) is 1.96. The Balaban J connectivity index is 2.00. The third kappa shape index (κ3) is 3.42. The summed E-state index contributed by atoms with van der Waals surface area (Å²) in [4.78, 5) is 24.1. The van der Waals surface area contributed by atoms with Crippen molar-refractivity contribution >= 4 is 29.9 Å². The standard InChI is InChI=1S/C18H18N4O3S/c1-11-4-2-3-5-14(11)16-15(17(19)23)10-21(18(26)20-16)12-6-8-13(9-7-12)22(24)25/h2-10,16,18,20,26H,1H3,(H2,19,23). The van der Waals surface area contributed by atoms with E-state index in [9.17, 15) is 14.9 Å². The van der Waals surface area contributed by atoms with E-state index < -0.39 is 16.3 Å². The van der Waals surface area contributed by atoms with Crippen LogP contribution >= 0.6 is 12.6 Å². The van der Waals surface area contributed by atoms with Crippen LogP contribution < -0.4 is 16.0 Å². The van der Waals surface area contributed by atoms with E-state index in [2.05, 4.69) is 17.9 Å². The lowest BCUT2D eigenvalue weighted by Gasteiger charge is -2.38. The van der Waals surface area contributed by atoms with Gasteiger partial charge in [-0.15, -0.1) is 12.6 Å². The number of nitrogens with zero attached hydrogens (tertiary/aromatic N) is 2. The van der Waals surface area contributed by atoms with Crippen molar-refractivity contribution in [3.8, 4) is 0 Å². The third-order valence-corrected chi connectivity index (χ3v) is 4.71. The largest absolute Gasteiger partial charge is 0.366 e. The summed E-state index contributed by atoms with van der Waals surface area (Å²) in [5, 5.41) is 14.1. The van der Waals surface area contributed by atoms with E-state index in [1.165, 1.54) is 12.1 Å². The van der Waals surface area contributed by atoms with E-state index in [1.54, 1.807) is 23.2 Å². The zero-order valence-electron chi connectivity index (χ0n) is 14.0. The molecule has 2 unspecified atom stereocenters. The molecule has 0 aromatic heterocycles. The molecule has 26 heavy (non-hydrogen) atoms. The Bertz CT molecular complexity index is 882. The molecule has 0 bridgehead atoms. The van der Waals surface area contributed by atoms with Crippen LogP contribution in [0.1, 0.15) is 17.2 Å². The molecule has 2 aromatic carbocycles. The number of nitro groups is 1. The summed E-state index contributed by atoms with van der Waals surface area (Å²) >= 11 is 4.57. The molecule has 1 amide bonds. The molecular weight excluding hydrogens is 352 g/mol. The number of thiol groups is 1. The number of nitro benzene ring substituents is 1. The predicted molar refractivity (Wildman–Crippen MR) is 103 cm³/mol. The highest BCUT2D eigenvalue weighted by molar-refractivity contribution is 7.81. The molecule has 0 spiro atoms. The van der Waals surface area contributed by atoms with E-state index in [0.717, 1.165) is 11.1 Å². The van der Waals surface area contributed by atoms with Crippen molar-refractivity contribution in [3.63, 3.8) is 0 Å². The number of nitrogens with two attached hydrogens (primary N) is 1. The Morgan fingerprint density at radius 1 is 1.23 bits per heavy atom. The molecule has 0 aliphatic carbocycles. The van der Waals surface area contributed by atoms with Gasteiger partial charge in [0.25, 0.3) is 5.69 Å². The van der Waals surface area contributed by atoms with Gasteiger partial charge in [-0.2, -0.15) is 0 Å². The molecule has 0 saturated heterocycles. The zero-order valence-corrected chi connectivity index (χ0v) is 14.9. The Kier molecular flexibility index (Phi) is 4.97. The second-order valence-corrected chi connectivity index (χ2v) is 6.45. The first kappa shape index (κ1) is 18.0. The number of nitrogens with one attached hydrogen (secondary N) is 1. The van der Waals surface area contributed by atoms with Crippen molar-refractivity contribution in [2.45, 2.75) is 18.5 Å². The average Bonchev–Trinajstić information content (AvgIpc) is 2.62. The highest BCUT2D eigenvalue weighted by Gasteiger charge is 2.31. The topological polar surface area (TPSA) is 102 Å². The number of non-ortho nitro benzene ring substituents is 1. The van der Waals surface area contributed by atoms with Gasteiger partial charge in [-0.1, -0.05) is 24.3 Å². The van der Waals surface area contributed by atoms with Gasteiger partial charge in [-0.25, -0.2) is 0 Å². The van der Waals surface area contributed by atoms with E-state index in [4.69, 9.17) is 5.73 Å². The quantitative estimate of drug-likeness (QED) is 0.436. The van der Waals surface area contributed by atoms with Crippen LogP contribution in [0.15, 0.2) is 60.3 Å². The molecular formula is C18H18N4O3S. The van der Waals surface area contributed by atoms with Crippen molar-refractivity contribution in [3.05, 3.63) is 81.5 Å². The Morgan fingerprint density at radius 2 is 1.88 bits per heavy atom. The molecule has 0 fully saturated rings. The summed E-state index contributed by atoms with van der Waals surface area (Å²) in [6, 6.07) is 13.4.